The van der Waals surface area contributed by atoms with Crippen molar-refractivity contribution in [3.8, 4) is 5.75 Å². The number of nitrogens with zero attached hydrogens (tertiary/aromatic N) is 1. The van der Waals surface area contributed by atoms with Gasteiger partial charge in [-0.1, -0.05) is 18.2 Å². The van der Waals surface area contributed by atoms with Gasteiger partial charge in [0.2, 0.25) is 0 Å². The molecule has 2 rings (SSSR count). The highest BCUT2D eigenvalue weighted by molar-refractivity contribution is 5.74. The van der Waals surface area contributed by atoms with Gasteiger partial charge in [-0.05, 0) is 43.2 Å². The molecule has 1 unspecified atom stereocenters. The summed E-state index contributed by atoms with van der Waals surface area (Å²) in [5.41, 5.74) is 1.88. The minimum atomic E-state index is -0.216. The number of phenols is 1. The number of urea groups is 1. The smallest absolute Gasteiger partial charge is 0.315 e. The zero-order valence-electron chi connectivity index (χ0n) is 11.9. The summed E-state index contributed by atoms with van der Waals surface area (Å²) in [5.74, 6) is 0.243. The van der Waals surface area contributed by atoms with Crippen molar-refractivity contribution in [1.82, 2.24) is 15.6 Å². The lowest BCUT2D eigenvalue weighted by molar-refractivity contribution is 0.237. The van der Waals surface area contributed by atoms with E-state index in [1.807, 2.05) is 37.3 Å². The molecule has 0 fully saturated rings. The van der Waals surface area contributed by atoms with E-state index in [1.165, 1.54) is 0 Å². The van der Waals surface area contributed by atoms with Crippen LogP contribution < -0.4 is 10.6 Å². The second-order valence-electron chi connectivity index (χ2n) is 4.92. The molecule has 1 atom stereocenters. The predicted octanol–water partition coefficient (Wildman–Crippen LogP) is 2.22. The number of aromatic hydroxyl groups is 1. The van der Waals surface area contributed by atoms with Crippen LogP contribution in [0.2, 0.25) is 0 Å². The number of phenolic OH excluding ortho intramolecular Hbond substituents is 1. The Hall–Kier alpha value is -2.56. The molecule has 0 saturated carbocycles. The Kier molecular flexibility index (Phi) is 5.15. The summed E-state index contributed by atoms with van der Waals surface area (Å²) in [4.78, 5) is 15.9. The van der Waals surface area contributed by atoms with Gasteiger partial charge in [0.05, 0.1) is 12.2 Å². The van der Waals surface area contributed by atoms with Crippen LogP contribution in [-0.2, 0) is 13.0 Å². The lowest BCUT2D eigenvalue weighted by atomic mass is 10.1. The van der Waals surface area contributed by atoms with Gasteiger partial charge in [0, 0.05) is 12.2 Å². The van der Waals surface area contributed by atoms with Gasteiger partial charge in [-0.25, -0.2) is 4.79 Å². The summed E-state index contributed by atoms with van der Waals surface area (Å²) in [6.45, 7) is 2.34. The molecule has 0 saturated heterocycles. The Morgan fingerprint density at radius 3 is 2.67 bits per heavy atom. The van der Waals surface area contributed by atoms with Crippen molar-refractivity contribution in [2.24, 2.45) is 0 Å². The number of hydrogen-bond acceptors (Lipinski definition) is 3. The molecule has 110 valence electrons. The molecule has 0 aliphatic carbocycles. The molecule has 1 aromatic carbocycles. The quantitative estimate of drug-likeness (QED) is 0.788. The van der Waals surface area contributed by atoms with Crippen molar-refractivity contribution >= 4 is 6.03 Å². The van der Waals surface area contributed by atoms with Crippen molar-refractivity contribution in [2.45, 2.75) is 25.9 Å². The third kappa shape index (κ3) is 5.14. The standard InChI is InChI=1S/C16H19N3O2/c1-12(10-13-5-7-15(20)8-6-13)19-16(21)18-11-14-4-2-3-9-17-14/h2-9,12,20H,10-11H2,1H3,(H2,18,19,21). The van der Waals surface area contributed by atoms with E-state index >= 15 is 0 Å². The van der Waals surface area contributed by atoms with Crippen LogP contribution in [-0.4, -0.2) is 22.2 Å². The first-order valence-electron chi connectivity index (χ1n) is 6.85. The van der Waals surface area contributed by atoms with E-state index in [-0.39, 0.29) is 17.8 Å². The summed E-state index contributed by atoms with van der Waals surface area (Å²) in [6.07, 6.45) is 2.40. The lowest BCUT2D eigenvalue weighted by Crippen LogP contribution is -2.41. The lowest BCUT2D eigenvalue weighted by Gasteiger charge is -2.14. The van der Waals surface area contributed by atoms with Crippen molar-refractivity contribution in [2.75, 3.05) is 0 Å². The molecule has 0 aliphatic rings. The van der Waals surface area contributed by atoms with E-state index in [0.717, 1.165) is 11.3 Å². The Balaban J connectivity index is 1.75. The normalized spacial score (nSPS) is 11.7. The first kappa shape index (κ1) is 14.8. The second-order valence-corrected chi connectivity index (χ2v) is 4.92. The van der Waals surface area contributed by atoms with E-state index in [0.29, 0.717) is 13.0 Å². The molecule has 5 heteroatoms. The summed E-state index contributed by atoms with van der Waals surface area (Å²) in [6, 6.07) is 12.3. The van der Waals surface area contributed by atoms with Crippen LogP contribution in [0, 0.1) is 0 Å². The van der Waals surface area contributed by atoms with Crippen LogP contribution in [0.25, 0.3) is 0 Å². The number of carbonyl (C=O) groups is 1. The Morgan fingerprint density at radius 1 is 1.24 bits per heavy atom. The number of amides is 2. The maximum Gasteiger partial charge on any atom is 0.315 e. The highest BCUT2D eigenvalue weighted by Crippen LogP contribution is 2.11. The summed E-state index contributed by atoms with van der Waals surface area (Å²) >= 11 is 0. The Morgan fingerprint density at radius 2 is 2.00 bits per heavy atom. The van der Waals surface area contributed by atoms with Gasteiger partial charge in [0.15, 0.2) is 0 Å². The largest absolute Gasteiger partial charge is 0.508 e. The molecule has 0 bridgehead atoms. The number of hydrogen-bond donors (Lipinski definition) is 3. The molecular formula is C16H19N3O2. The molecule has 21 heavy (non-hydrogen) atoms. The molecule has 2 aromatic rings. The first-order valence-corrected chi connectivity index (χ1v) is 6.85. The van der Waals surface area contributed by atoms with Crippen LogP contribution in [0.5, 0.6) is 5.75 Å². The van der Waals surface area contributed by atoms with Gasteiger partial charge in [-0.15, -0.1) is 0 Å². The molecule has 2 amide bonds. The summed E-state index contributed by atoms with van der Waals surface area (Å²) in [7, 11) is 0. The number of aromatic nitrogens is 1. The number of benzene rings is 1. The monoisotopic (exact) mass is 285 g/mol. The highest BCUT2D eigenvalue weighted by atomic mass is 16.3. The Bertz CT molecular complexity index is 570. The molecule has 0 aliphatic heterocycles. The number of pyridine rings is 1. The first-order chi connectivity index (χ1) is 10.1. The molecule has 5 nitrogen and oxygen atoms in total. The molecule has 3 N–H and O–H groups in total. The van der Waals surface area contributed by atoms with Crippen molar-refractivity contribution in [3.63, 3.8) is 0 Å². The molecular weight excluding hydrogens is 266 g/mol. The zero-order chi connectivity index (χ0) is 15.1. The van der Waals surface area contributed by atoms with E-state index in [2.05, 4.69) is 15.6 Å². The van der Waals surface area contributed by atoms with Crippen LogP contribution in [0.1, 0.15) is 18.2 Å². The van der Waals surface area contributed by atoms with Gasteiger partial charge in [-0.3, -0.25) is 4.98 Å². The third-order valence-corrected chi connectivity index (χ3v) is 3.01. The molecule has 0 radical (unpaired) electrons. The zero-order valence-corrected chi connectivity index (χ0v) is 11.9. The molecule has 1 heterocycles. The van der Waals surface area contributed by atoms with E-state index in [4.69, 9.17) is 0 Å². The fourth-order valence-electron chi connectivity index (χ4n) is 1.98. The van der Waals surface area contributed by atoms with Crippen LogP contribution in [0.3, 0.4) is 0 Å². The van der Waals surface area contributed by atoms with Gasteiger partial charge in [0.1, 0.15) is 5.75 Å². The fraction of sp³-hybridized carbons (Fsp3) is 0.250. The average molecular weight is 285 g/mol. The van der Waals surface area contributed by atoms with E-state index in [9.17, 15) is 9.90 Å². The summed E-state index contributed by atoms with van der Waals surface area (Å²) in [5, 5.41) is 14.9. The topological polar surface area (TPSA) is 74.2 Å². The van der Waals surface area contributed by atoms with Crippen molar-refractivity contribution < 1.29 is 9.90 Å². The SMILES string of the molecule is CC(Cc1ccc(O)cc1)NC(=O)NCc1ccccn1. The second kappa shape index (κ2) is 7.28. The third-order valence-electron chi connectivity index (χ3n) is 3.01. The Labute approximate surface area is 124 Å². The van der Waals surface area contributed by atoms with Crippen LogP contribution in [0.15, 0.2) is 48.7 Å². The van der Waals surface area contributed by atoms with Gasteiger partial charge < -0.3 is 15.7 Å². The van der Waals surface area contributed by atoms with E-state index in [1.54, 1.807) is 18.3 Å². The highest BCUT2D eigenvalue weighted by Gasteiger charge is 2.08. The molecule has 0 spiro atoms. The fourth-order valence-corrected chi connectivity index (χ4v) is 1.98. The van der Waals surface area contributed by atoms with E-state index < -0.39 is 0 Å². The van der Waals surface area contributed by atoms with Gasteiger partial charge >= 0.3 is 6.03 Å². The predicted molar refractivity (Wildman–Crippen MR) is 80.9 cm³/mol. The van der Waals surface area contributed by atoms with Gasteiger partial charge in [-0.2, -0.15) is 0 Å². The van der Waals surface area contributed by atoms with Crippen LogP contribution in [0.4, 0.5) is 4.79 Å². The number of nitrogens with one attached hydrogen (secondary N) is 2. The maximum atomic E-state index is 11.8. The van der Waals surface area contributed by atoms with Crippen molar-refractivity contribution in [1.29, 1.82) is 0 Å². The minimum absolute atomic E-state index is 0.00160. The maximum absolute atomic E-state index is 11.8. The molecule has 1 aromatic heterocycles. The minimum Gasteiger partial charge on any atom is -0.508 e. The van der Waals surface area contributed by atoms with Crippen LogP contribution >= 0.6 is 0 Å². The summed E-state index contributed by atoms with van der Waals surface area (Å²) < 4.78 is 0. The number of carbonyl (C=O) groups excluding carboxylic acids is 1. The number of rotatable bonds is 5. The average Bonchev–Trinajstić information content (AvgIpc) is 2.48. The van der Waals surface area contributed by atoms with Gasteiger partial charge in [0.25, 0.3) is 0 Å². The van der Waals surface area contributed by atoms with Crippen molar-refractivity contribution in [3.05, 3.63) is 59.9 Å².